The molecule has 0 spiro atoms. The lowest BCUT2D eigenvalue weighted by Crippen LogP contribution is -1.91. The Kier molecular flexibility index (Phi) is 2.36. The Morgan fingerprint density at radius 1 is 1.24 bits per heavy atom. The minimum absolute atomic E-state index is 0.888. The smallest absolute Gasteiger partial charge is 0.170 e. The van der Waals surface area contributed by atoms with Gasteiger partial charge in [-0.05, 0) is 6.26 Å². The summed E-state index contributed by atoms with van der Waals surface area (Å²) in [7, 11) is 1.90. The molecule has 0 saturated carbocycles. The molecule has 0 aromatic carbocycles. The van der Waals surface area contributed by atoms with E-state index in [1.807, 2.05) is 42.5 Å². The van der Waals surface area contributed by atoms with Crippen molar-refractivity contribution in [2.45, 2.75) is 5.03 Å². The van der Waals surface area contributed by atoms with E-state index in [9.17, 15) is 0 Å². The van der Waals surface area contributed by atoms with E-state index >= 15 is 0 Å². The van der Waals surface area contributed by atoms with Crippen LogP contribution in [-0.2, 0) is 7.05 Å². The van der Waals surface area contributed by atoms with Crippen LogP contribution in [0, 0.1) is 0 Å². The molecular formula is C11H11N5S. The Morgan fingerprint density at radius 2 is 2.12 bits per heavy atom. The standard InChI is InChI=1S/C11H11N5S/c1-15-7-8(5-14-15)9-6-13-10-11(17-2)12-3-4-16(9)10/h3-7H,1-2H3. The highest BCUT2D eigenvalue weighted by atomic mass is 32.2. The molecule has 3 heterocycles. The van der Waals surface area contributed by atoms with Gasteiger partial charge >= 0.3 is 0 Å². The van der Waals surface area contributed by atoms with Gasteiger partial charge in [0.15, 0.2) is 5.65 Å². The first-order valence-corrected chi connectivity index (χ1v) is 6.37. The second kappa shape index (κ2) is 3.89. The molecule has 0 aliphatic carbocycles. The molecule has 3 rings (SSSR count). The van der Waals surface area contributed by atoms with Crippen LogP contribution in [0.4, 0.5) is 0 Å². The van der Waals surface area contributed by atoms with Crippen LogP contribution in [0.2, 0.25) is 0 Å². The Labute approximate surface area is 103 Å². The van der Waals surface area contributed by atoms with E-state index in [1.54, 1.807) is 22.6 Å². The number of imidazole rings is 1. The molecule has 0 saturated heterocycles. The average Bonchev–Trinajstić information content (AvgIpc) is 2.94. The number of aryl methyl sites for hydroxylation is 1. The van der Waals surface area contributed by atoms with Crippen molar-refractivity contribution in [2.75, 3.05) is 6.26 Å². The van der Waals surface area contributed by atoms with Gasteiger partial charge in [-0.2, -0.15) is 5.10 Å². The fourth-order valence-electron chi connectivity index (χ4n) is 1.81. The number of rotatable bonds is 2. The van der Waals surface area contributed by atoms with Gasteiger partial charge in [-0.15, -0.1) is 11.8 Å². The molecular weight excluding hydrogens is 234 g/mol. The normalized spacial score (nSPS) is 11.2. The molecule has 17 heavy (non-hydrogen) atoms. The van der Waals surface area contributed by atoms with Crippen LogP contribution in [0.5, 0.6) is 0 Å². The summed E-state index contributed by atoms with van der Waals surface area (Å²) in [6.07, 6.45) is 11.4. The molecule has 0 bridgehead atoms. The topological polar surface area (TPSA) is 48.0 Å². The summed E-state index contributed by atoms with van der Waals surface area (Å²) in [4.78, 5) is 8.71. The lowest BCUT2D eigenvalue weighted by molar-refractivity contribution is 0.768. The zero-order chi connectivity index (χ0) is 11.8. The van der Waals surface area contributed by atoms with E-state index in [-0.39, 0.29) is 0 Å². The highest BCUT2D eigenvalue weighted by Gasteiger charge is 2.10. The lowest BCUT2D eigenvalue weighted by atomic mass is 10.3. The Balaban J connectivity index is 2.25. The van der Waals surface area contributed by atoms with Crippen LogP contribution < -0.4 is 0 Å². The Morgan fingerprint density at radius 3 is 2.82 bits per heavy atom. The van der Waals surface area contributed by atoms with Gasteiger partial charge in [0, 0.05) is 31.2 Å². The van der Waals surface area contributed by atoms with Crippen LogP contribution in [0.25, 0.3) is 16.9 Å². The zero-order valence-electron chi connectivity index (χ0n) is 9.53. The lowest BCUT2D eigenvalue weighted by Gasteiger charge is -2.00. The predicted molar refractivity (Wildman–Crippen MR) is 67.0 cm³/mol. The molecule has 0 N–H and O–H groups in total. The molecule has 3 aromatic heterocycles. The molecule has 3 aromatic rings. The van der Waals surface area contributed by atoms with E-state index in [2.05, 4.69) is 15.1 Å². The van der Waals surface area contributed by atoms with Crippen molar-refractivity contribution >= 4 is 17.4 Å². The third-order valence-corrected chi connectivity index (χ3v) is 3.26. The maximum Gasteiger partial charge on any atom is 0.170 e. The van der Waals surface area contributed by atoms with Gasteiger partial charge in [0.05, 0.1) is 18.1 Å². The van der Waals surface area contributed by atoms with Gasteiger partial charge in [-0.1, -0.05) is 0 Å². The summed E-state index contributed by atoms with van der Waals surface area (Å²) in [5, 5.41) is 5.11. The number of nitrogens with zero attached hydrogens (tertiary/aromatic N) is 5. The van der Waals surface area contributed by atoms with Crippen molar-refractivity contribution in [2.24, 2.45) is 7.05 Å². The number of hydrogen-bond acceptors (Lipinski definition) is 4. The minimum Gasteiger partial charge on any atom is -0.296 e. The molecule has 86 valence electrons. The Hall–Kier alpha value is -1.82. The van der Waals surface area contributed by atoms with Crippen LogP contribution in [0.1, 0.15) is 0 Å². The fraction of sp³-hybridized carbons (Fsp3) is 0.182. The second-order valence-corrected chi connectivity index (χ2v) is 4.47. The maximum atomic E-state index is 4.42. The number of hydrogen-bond donors (Lipinski definition) is 0. The van der Waals surface area contributed by atoms with Crippen LogP contribution in [0.3, 0.4) is 0 Å². The van der Waals surface area contributed by atoms with Crippen molar-refractivity contribution in [3.05, 3.63) is 31.0 Å². The van der Waals surface area contributed by atoms with Crippen LogP contribution in [-0.4, -0.2) is 30.4 Å². The summed E-state index contributed by atoms with van der Waals surface area (Å²) < 4.78 is 3.82. The quantitative estimate of drug-likeness (QED) is 0.646. The summed E-state index contributed by atoms with van der Waals surface area (Å²) in [6, 6.07) is 0. The Bertz CT molecular complexity index is 669. The van der Waals surface area contributed by atoms with Gasteiger partial charge in [0.25, 0.3) is 0 Å². The zero-order valence-corrected chi connectivity index (χ0v) is 10.3. The van der Waals surface area contributed by atoms with Gasteiger partial charge in [-0.3, -0.25) is 9.08 Å². The monoisotopic (exact) mass is 245 g/mol. The number of fused-ring (bicyclic) bond motifs is 1. The first-order valence-electron chi connectivity index (χ1n) is 5.14. The molecule has 0 unspecified atom stereocenters. The third kappa shape index (κ3) is 1.61. The first kappa shape index (κ1) is 10.3. The van der Waals surface area contributed by atoms with E-state index in [0.717, 1.165) is 21.9 Å². The van der Waals surface area contributed by atoms with Crippen molar-refractivity contribution in [3.63, 3.8) is 0 Å². The fourth-order valence-corrected chi connectivity index (χ4v) is 2.31. The highest BCUT2D eigenvalue weighted by Crippen LogP contribution is 2.24. The molecule has 0 fully saturated rings. The van der Waals surface area contributed by atoms with Gasteiger partial charge < -0.3 is 0 Å². The van der Waals surface area contributed by atoms with Crippen LogP contribution in [0.15, 0.2) is 36.0 Å². The van der Waals surface area contributed by atoms with E-state index in [0.29, 0.717) is 0 Å². The van der Waals surface area contributed by atoms with E-state index in [1.165, 1.54) is 0 Å². The van der Waals surface area contributed by atoms with E-state index in [4.69, 9.17) is 0 Å². The van der Waals surface area contributed by atoms with Crippen molar-refractivity contribution in [3.8, 4) is 11.3 Å². The third-order valence-electron chi connectivity index (χ3n) is 2.59. The first-order chi connectivity index (χ1) is 8.29. The number of thioether (sulfide) groups is 1. The van der Waals surface area contributed by atoms with Gasteiger partial charge in [-0.25, -0.2) is 9.97 Å². The van der Waals surface area contributed by atoms with Crippen molar-refractivity contribution in [1.29, 1.82) is 0 Å². The van der Waals surface area contributed by atoms with Gasteiger partial charge in [0.1, 0.15) is 5.03 Å². The summed E-state index contributed by atoms with van der Waals surface area (Å²) in [6.45, 7) is 0. The number of aromatic nitrogens is 5. The summed E-state index contributed by atoms with van der Waals surface area (Å²) >= 11 is 1.60. The summed E-state index contributed by atoms with van der Waals surface area (Å²) in [5.74, 6) is 0. The minimum atomic E-state index is 0.888. The predicted octanol–water partition coefficient (Wildman–Crippen LogP) is 1.85. The summed E-state index contributed by atoms with van der Waals surface area (Å²) in [5.41, 5.74) is 2.97. The SMILES string of the molecule is CSc1nccn2c(-c3cnn(C)c3)cnc12. The highest BCUT2D eigenvalue weighted by molar-refractivity contribution is 7.98. The average molecular weight is 245 g/mol. The van der Waals surface area contributed by atoms with Gasteiger partial charge in [0.2, 0.25) is 0 Å². The molecule has 0 amide bonds. The van der Waals surface area contributed by atoms with Crippen molar-refractivity contribution in [1.82, 2.24) is 24.1 Å². The molecule has 0 radical (unpaired) electrons. The molecule has 0 aliphatic heterocycles. The largest absolute Gasteiger partial charge is 0.296 e. The molecule has 0 aliphatic rings. The molecule has 5 nitrogen and oxygen atoms in total. The van der Waals surface area contributed by atoms with Crippen molar-refractivity contribution < 1.29 is 0 Å². The van der Waals surface area contributed by atoms with E-state index < -0.39 is 0 Å². The van der Waals surface area contributed by atoms with Crippen LogP contribution >= 0.6 is 11.8 Å². The maximum absolute atomic E-state index is 4.42. The molecule has 6 heteroatoms. The second-order valence-electron chi connectivity index (χ2n) is 3.68. The molecule has 0 atom stereocenters.